The third-order valence-electron chi connectivity index (χ3n) is 4.93. The third-order valence-corrected chi connectivity index (χ3v) is 5.93. The molecule has 152 valence electrons. The average molecular weight is 418 g/mol. The van der Waals surface area contributed by atoms with Gasteiger partial charge < -0.3 is 14.5 Å². The van der Waals surface area contributed by atoms with Gasteiger partial charge >= 0.3 is 0 Å². The number of likely N-dealkylation sites (N-methyl/N-ethyl adjacent to an activating group) is 1. The Morgan fingerprint density at radius 2 is 1.77 bits per heavy atom. The summed E-state index contributed by atoms with van der Waals surface area (Å²) in [5.41, 5.74) is 1.73. The SMILES string of the molecule is CN1CCN(c2ncc(Sc3ccc(C#N)cc3)c(OCc3ccccc3)n2)CC1. The maximum absolute atomic E-state index is 9.01. The molecule has 0 N–H and O–H groups in total. The van der Waals surface area contributed by atoms with Gasteiger partial charge in [0.2, 0.25) is 11.8 Å². The molecule has 4 rings (SSSR count). The smallest absolute Gasteiger partial charge is 0.232 e. The van der Waals surface area contributed by atoms with Crippen molar-refractivity contribution in [3.8, 4) is 11.9 Å². The summed E-state index contributed by atoms with van der Waals surface area (Å²) in [6.07, 6.45) is 1.84. The fourth-order valence-electron chi connectivity index (χ4n) is 3.13. The van der Waals surface area contributed by atoms with Crippen molar-refractivity contribution in [2.75, 3.05) is 38.1 Å². The molecule has 2 aromatic carbocycles. The maximum Gasteiger partial charge on any atom is 0.232 e. The zero-order chi connectivity index (χ0) is 20.8. The van der Waals surface area contributed by atoms with Gasteiger partial charge in [0.15, 0.2) is 0 Å². The van der Waals surface area contributed by atoms with E-state index in [2.05, 4.69) is 27.9 Å². The van der Waals surface area contributed by atoms with Crippen LogP contribution < -0.4 is 9.64 Å². The van der Waals surface area contributed by atoms with Crippen LogP contribution in [0.25, 0.3) is 0 Å². The van der Waals surface area contributed by atoms with Crippen molar-refractivity contribution in [3.63, 3.8) is 0 Å². The fraction of sp³-hybridized carbons (Fsp3) is 0.261. The number of piperazine rings is 1. The lowest BCUT2D eigenvalue weighted by Crippen LogP contribution is -2.45. The average Bonchev–Trinajstić information content (AvgIpc) is 2.80. The lowest BCUT2D eigenvalue weighted by molar-refractivity contribution is 0.283. The first kappa shape index (κ1) is 20.2. The molecule has 0 radical (unpaired) electrons. The Labute approximate surface area is 181 Å². The van der Waals surface area contributed by atoms with Gasteiger partial charge in [-0.15, -0.1) is 0 Å². The van der Waals surface area contributed by atoms with Crippen molar-refractivity contribution in [3.05, 3.63) is 71.9 Å². The second-order valence-corrected chi connectivity index (χ2v) is 8.26. The van der Waals surface area contributed by atoms with Gasteiger partial charge in [0.05, 0.1) is 22.7 Å². The lowest BCUT2D eigenvalue weighted by atomic mass is 10.2. The second-order valence-electron chi connectivity index (χ2n) is 7.14. The highest BCUT2D eigenvalue weighted by Gasteiger charge is 2.19. The summed E-state index contributed by atoms with van der Waals surface area (Å²) < 4.78 is 6.13. The first-order valence-corrected chi connectivity index (χ1v) is 10.7. The molecule has 2 heterocycles. The molecule has 0 bridgehead atoms. The number of hydrogen-bond donors (Lipinski definition) is 0. The fourth-order valence-corrected chi connectivity index (χ4v) is 3.95. The van der Waals surface area contributed by atoms with Gasteiger partial charge in [0.25, 0.3) is 0 Å². The van der Waals surface area contributed by atoms with Crippen LogP contribution >= 0.6 is 11.8 Å². The monoisotopic (exact) mass is 417 g/mol. The van der Waals surface area contributed by atoms with E-state index in [1.54, 1.807) is 0 Å². The number of nitriles is 1. The van der Waals surface area contributed by atoms with Crippen LogP contribution in [0.3, 0.4) is 0 Å². The Morgan fingerprint density at radius 3 is 2.47 bits per heavy atom. The molecule has 0 saturated carbocycles. The number of ether oxygens (including phenoxy) is 1. The molecular formula is C23H23N5OS. The van der Waals surface area contributed by atoms with Crippen LogP contribution in [0.15, 0.2) is 70.6 Å². The Morgan fingerprint density at radius 1 is 1.03 bits per heavy atom. The Kier molecular flexibility index (Phi) is 6.47. The van der Waals surface area contributed by atoms with Crippen LogP contribution in [-0.2, 0) is 6.61 Å². The van der Waals surface area contributed by atoms with E-state index in [1.807, 2.05) is 60.8 Å². The van der Waals surface area contributed by atoms with Crippen molar-refractivity contribution in [2.24, 2.45) is 0 Å². The highest BCUT2D eigenvalue weighted by atomic mass is 32.2. The molecular weight excluding hydrogens is 394 g/mol. The summed E-state index contributed by atoms with van der Waals surface area (Å²) in [5, 5.41) is 9.01. The van der Waals surface area contributed by atoms with Crippen molar-refractivity contribution >= 4 is 17.7 Å². The van der Waals surface area contributed by atoms with Gasteiger partial charge in [-0.3, -0.25) is 0 Å². The van der Waals surface area contributed by atoms with Gasteiger partial charge in [-0.2, -0.15) is 10.2 Å². The number of aromatic nitrogens is 2. The molecule has 0 aliphatic carbocycles. The van der Waals surface area contributed by atoms with E-state index in [0.717, 1.165) is 41.5 Å². The largest absolute Gasteiger partial charge is 0.472 e. The second kappa shape index (κ2) is 9.61. The van der Waals surface area contributed by atoms with Gasteiger partial charge in [0, 0.05) is 31.1 Å². The Hall–Kier alpha value is -3.08. The Bertz CT molecular complexity index is 1010. The van der Waals surface area contributed by atoms with Crippen LogP contribution in [0.5, 0.6) is 5.88 Å². The molecule has 1 saturated heterocycles. The summed E-state index contributed by atoms with van der Waals surface area (Å²) in [5.74, 6) is 1.28. The van der Waals surface area contributed by atoms with Gasteiger partial charge in [-0.05, 0) is 36.9 Å². The van der Waals surface area contributed by atoms with E-state index in [0.29, 0.717) is 24.0 Å². The van der Waals surface area contributed by atoms with Crippen molar-refractivity contribution in [1.82, 2.24) is 14.9 Å². The van der Waals surface area contributed by atoms with Crippen LogP contribution in [0.4, 0.5) is 5.95 Å². The van der Waals surface area contributed by atoms with E-state index in [-0.39, 0.29) is 0 Å². The number of nitrogens with zero attached hydrogens (tertiary/aromatic N) is 5. The topological polar surface area (TPSA) is 65.3 Å². The molecule has 3 aromatic rings. The molecule has 6 nitrogen and oxygen atoms in total. The number of benzene rings is 2. The van der Waals surface area contributed by atoms with E-state index in [4.69, 9.17) is 15.0 Å². The van der Waals surface area contributed by atoms with Gasteiger partial charge in [0.1, 0.15) is 6.61 Å². The standard InChI is InChI=1S/C23H23N5OS/c1-27-11-13-28(14-12-27)23-25-16-21(30-20-9-7-18(15-24)8-10-20)22(26-23)29-17-19-5-3-2-4-6-19/h2-10,16H,11-14,17H2,1H3. The zero-order valence-electron chi connectivity index (χ0n) is 16.9. The lowest BCUT2D eigenvalue weighted by Gasteiger charge is -2.32. The number of hydrogen-bond acceptors (Lipinski definition) is 7. The molecule has 1 aliphatic heterocycles. The summed E-state index contributed by atoms with van der Waals surface area (Å²) in [6.45, 7) is 4.23. The molecule has 0 atom stereocenters. The molecule has 7 heteroatoms. The minimum atomic E-state index is 0.445. The summed E-state index contributed by atoms with van der Waals surface area (Å²) in [6, 6.07) is 19.7. The predicted octanol–water partition coefficient (Wildman–Crippen LogP) is 3.83. The van der Waals surface area contributed by atoms with Crippen molar-refractivity contribution in [2.45, 2.75) is 16.4 Å². The van der Waals surface area contributed by atoms with Gasteiger partial charge in [-0.25, -0.2) is 4.98 Å². The maximum atomic E-state index is 9.01. The molecule has 0 amide bonds. The quantitative estimate of drug-likeness (QED) is 0.604. The minimum absolute atomic E-state index is 0.445. The zero-order valence-corrected chi connectivity index (χ0v) is 17.7. The molecule has 1 fully saturated rings. The van der Waals surface area contributed by atoms with Crippen molar-refractivity contribution < 1.29 is 4.74 Å². The third kappa shape index (κ3) is 5.09. The highest BCUT2D eigenvalue weighted by Crippen LogP contribution is 2.35. The van der Waals surface area contributed by atoms with Crippen LogP contribution in [-0.4, -0.2) is 48.1 Å². The van der Waals surface area contributed by atoms with Crippen LogP contribution in [0.1, 0.15) is 11.1 Å². The first-order valence-electron chi connectivity index (χ1n) is 9.86. The Balaban J connectivity index is 1.57. The molecule has 0 unspecified atom stereocenters. The van der Waals surface area contributed by atoms with Crippen LogP contribution in [0.2, 0.25) is 0 Å². The normalized spacial score (nSPS) is 14.3. The molecule has 1 aliphatic rings. The molecule has 1 aromatic heterocycles. The highest BCUT2D eigenvalue weighted by molar-refractivity contribution is 7.99. The number of rotatable bonds is 6. The van der Waals surface area contributed by atoms with E-state index >= 15 is 0 Å². The molecule has 30 heavy (non-hydrogen) atoms. The van der Waals surface area contributed by atoms with Crippen LogP contribution in [0, 0.1) is 11.3 Å². The first-order chi connectivity index (χ1) is 14.7. The number of anilines is 1. The summed E-state index contributed by atoms with van der Waals surface area (Å²) in [7, 11) is 2.13. The predicted molar refractivity (Wildman–Crippen MR) is 118 cm³/mol. The van der Waals surface area contributed by atoms with E-state index < -0.39 is 0 Å². The summed E-state index contributed by atoms with van der Waals surface area (Å²) >= 11 is 1.54. The molecule has 0 spiro atoms. The summed E-state index contributed by atoms with van der Waals surface area (Å²) in [4.78, 5) is 15.8. The van der Waals surface area contributed by atoms with Gasteiger partial charge in [-0.1, -0.05) is 42.1 Å². The van der Waals surface area contributed by atoms with Crippen molar-refractivity contribution in [1.29, 1.82) is 5.26 Å². The van der Waals surface area contributed by atoms with E-state index in [1.165, 1.54) is 11.8 Å². The minimum Gasteiger partial charge on any atom is -0.472 e. The van der Waals surface area contributed by atoms with E-state index in [9.17, 15) is 0 Å².